The van der Waals surface area contributed by atoms with Gasteiger partial charge in [0.2, 0.25) is 0 Å². The molecule has 1 N–H and O–H groups in total. The lowest BCUT2D eigenvalue weighted by Gasteiger charge is -2.28. The number of anilines is 2. The van der Waals surface area contributed by atoms with Gasteiger partial charge in [0.15, 0.2) is 0 Å². The van der Waals surface area contributed by atoms with E-state index in [-0.39, 0.29) is 5.57 Å². The Balaban J connectivity index is 1.39. The number of para-hydroxylation sites is 1. The van der Waals surface area contributed by atoms with Gasteiger partial charge in [-0.3, -0.25) is 4.79 Å². The molecule has 0 aromatic heterocycles. The van der Waals surface area contributed by atoms with Crippen molar-refractivity contribution in [2.75, 3.05) is 36.5 Å². The average Bonchev–Trinajstić information content (AvgIpc) is 2.85. The number of carbonyl (C=O) groups is 1. The van der Waals surface area contributed by atoms with Gasteiger partial charge in [-0.2, -0.15) is 5.26 Å². The molecule has 32 heavy (non-hydrogen) atoms. The highest BCUT2D eigenvalue weighted by Crippen LogP contribution is 2.23. The van der Waals surface area contributed by atoms with Gasteiger partial charge in [-0.15, -0.1) is 0 Å². The van der Waals surface area contributed by atoms with E-state index in [4.69, 9.17) is 9.47 Å². The van der Waals surface area contributed by atoms with Crippen LogP contribution in [-0.2, 0) is 9.53 Å². The van der Waals surface area contributed by atoms with Gasteiger partial charge in [0.05, 0.1) is 13.2 Å². The summed E-state index contributed by atoms with van der Waals surface area (Å²) in [6.45, 7) is 3.16. The van der Waals surface area contributed by atoms with Crippen LogP contribution in [0.4, 0.5) is 11.4 Å². The first-order valence-electron chi connectivity index (χ1n) is 10.4. The predicted octanol–water partition coefficient (Wildman–Crippen LogP) is 4.86. The summed E-state index contributed by atoms with van der Waals surface area (Å²) in [5, 5.41) is 12.2. The highest BCUT2D eigenvalue weighted by atomic mass is 16.5. The molecule has 0 spiro atoms. The number of hydrogen-bond acceptors (Lipinski definition) is 5. The maximum absolute atomic E-state index is 12.6. The fraction of sp³-hybridized carbons (Fsp3) is 0.154. The van der Waals surface area contributed by atoms with Crippen LogP contribution in [-0.4, -0.2) is 32.2 Å². The molecule has 3 aromatic rings. The highest BCUT2D eigenvalue weighted by molar-refractivity contribution is 6.09. The molecular weight excluding hydrogens is 402 g/mol. The number of rotatable bonds is 6. The summed E-state index contributed by atoms with van der Waals surface area (Å²) in [4.78, 5) is 14.8. The Morgan fingerprint density at radius 1 is 0.938 bits per heavy atom. The molecule has 1 saturated heterocycles. The Kier molecular flexibility index (Phi) is 6.81. The van der Waals surface area contributed by atoms with Crippen LogP contribution < -0.4 is 15.0 Å². The van der Waals surface area contributed by atoms with Crippen LogP contribution in [0.1, 0.15) is 5.56 Å². The van der Waals surface area contributed by atoms with Crippen LogP contribution in [0.3, 0.4) is 0 Å². The molecular formula is C26H23N3O3. The van der Waals surface area contributed by atoms with E-state index < -0.39 is 5.91 Å². The summed E-state index contributed by atoms with van der Waals surface area (Å²) in [5.74, 6) is 0.936. The number of nitrogens with zero attached hydrogens (tertiary/aromatic N) is 2. The van der Waals surface area contributed by atoms with Crippen molar-refractivity contribution in [1.82, 2.24) is 0 Å². The van der Waals surface area contributed by atoms with Gasteiger partial charge in [0.1, 0.15) is 23.1 Å². The minimum absolute atomic E-state index is 0.0359. The number of hydrogen-bond donors (Lipinski definition) is 1. The normalized spacial score (nSPS) is 13.8. The van der Waals surface area contributed by atoms with E-state index in [2.05, 4.69) is 10.2 Å². The molecule has 1 heterocycles. The first kappa shape index (κ1) is 21.2. The summed E-state index contributed by atoms with van der Waals surface area (Å²) >= 11 is 0. The van der Waals surface area contributed by atoms with Crippen LogP contribution >= 0.6 is 0 Å². The van der Waals surface area contributed by atoms with Gasteiger partial charge in [0, 0.05) is 24.5 Å². The van der Waals surface area contributed by atoms with Crippen molar-refractivity contribution >= 4 is 23.4 Å². The third kappa shape index (κ3) is 5.54. The van der Waals surface area contributed by atoms with Gasteiger partial charge in [-0.05, 0) is 60.2 Å². The Hall–Kier alpha value is -4.08. The topological polar surface area (TPSA) is 74.6 Å². The van der Waals surface area contributed by atoms with Gasteiger partial charge in [-0.25, -0.2) is 0 Å². The quantitative estimate of drug-likeness (QED) is 0.451. The second-order valence-electron chi connectivity index (χ2n) is 7.25. The van der Waals surface area contributed by atoms with Crippen LogP contribution in [0.5, 0.6) is 11.5 Å². The van der Waals surface area contributed by atoms with Crippen molar-refractivity contribution in [2.45, 2.75) is 0 Å². The molecule has 0 aliphatic carbocycles. The van der Waals surface area contributed by atoms with E-state index in [0.29, 0.717) is 11.4 Å². The Bertz CT molecular complexity index is 1110. The predicted molar refractivity (Wildman–Crippen MR) is 125 cm³/mol. The molecule has 160 valence electrons. The van der Waals surface area contributed by atoms with Crippen LogP contribution in [0.25, 0.3) is 6.08 Å². The number of carbonyl (C=O) groups excluding carboxylic acids is 1. The van der Waals surface area contributed by atoms with Crippen molar-refractivity contribution in [2.24, 2.45) is 0 Å². The lowest BCUT2D eigenvalue weighted by atomic mass is 10.1. The maximum atomic E-state index is 12.6. The standard InChI is InChI=1S/C26H23N3O3/c27-19-21(18-20-6-10-23(11-7-20)29-14-16-31-17-15-29)26(30)28-22-8-12-25(13-9-22)32-24-4-2-1-3-5-24/h1-13,18H,14-17H2,(H,28,30)/b21-18+. The zero-order chi connectivity index (χ0) is 22.2. The summed E-state index contributed by atoms with van der Waals surface area (Å²) in [7, 11) is 0. The Labute approximate surface area is 187 Å². The van der Waals surface area contributed by atoms with Crippen molar-refractivity contribution in [1.29, 1.82) is 5.26 Å². The second-order valence-corrected chi connectivity index (χ2v) is 7.25. The smallest absolute Gasteiger partial charge is 0.266 e. The largest absolute Gasteiger partial charge is 0.457 e. The molecule has 1 amide bonds. The molecule has 1 fully saturated rings. The highest BCUT2D eigenvalue weighted by Gasteiger charge is 2.12. The lowest BCUT2D eigenvalue weighted by molar-refractivity contribution is -0.112. The van der Waals surface area contributed by atoms with Crippen molar-refractivity contribution in [3.8, 4) is 17.6 Å². The lowest BCUT2D eigenvalue weighted by Crippen LogP contribution is -2.36. The summed E-state index contributed by atoms with van der Waals surface area (Å²) in [6.07, 6.45) is 1.59. The van der Waals surface area contributed by atoms with Crippen molar-refractivity contribution < 1.29 is 14.3 Å². The fourth-order valence-corrected chi connectivity index (χ4v) is 3.35. The van der Waals surface area contributed by atoms with E-state index in [1.165, 1.54) is 0 Å². The van der Waals surface area contributed by atoms with Crippen LogP contribution in [0, 0.1) is 11.3 Å². The number of amides is 1. The number of morpholine rings is 1. The minimum atomic E-state index is -0.457. The monoisotopic (exact) mass is 425 g/mol. The molecule has 6 nitrogen and oxygen atoms in total. The minimum Gasteiger partial charge on any atom is -0.457 e. The number of nitrogens with one attached hydrogen (secondary N) is 1. The molecule has 1 aliphatic rings. The number of ether oxygens (including phenoxy) is 2. The van der Waals surface area contributed by atoms with Crippen molar-refractivity contribution in [3.63, 3.8) is 0 Å². The average molecular weight is 425 g/mol. The Morgan fingerprint density at radius 2 is 1.59 bits per heavy atom. The van der Waals surface area contributed by atoms with Crippen molar-refractivity contribution in [3.05, 3.63) is 90.0 Å². The van der Waals surface area contributed by atoms with E-state index in [0.717, 1.165) is 43.3 Å². The van der Waals surface area contributed by atoms with E-state index in [1.54, 1.807) is 30.3 Å². The molecule has 0 saturated carbocycles. The fourth-order valence-electron chi connectivity index (χ4n) is 3.35. The molecule has 0 bridgehead atoms. The molecule has 0 radical (unpaired) electrons. The first-order chi connectivity index (χ1) is 15.7. The molecule has 6 heteroatoms. The first-order valence-corrected chi connectivity index (χ1v) is 10.4. The zero-order valence-electron chi connectivity index (χ0n) is 17.5. The van der Waals surface area contributed by atoms with Crippen LogP contribution in [0.15, 0.2) is 84.4 Å². The van der Waals surface area contributed by atoms with E-state index in [1.807, 2.05) is 60.7 Å². The molecule has 3 aromatic carbocycles. The molecule has 0 atom stereocenters. The number of nitriles is 1. The van der Waals surface area contributed by atoms with Crippen LogP contribution in [0.2, 0.25) is 0 Å². The molecule has 0 unspecified atom stereocenters. The Morgan fingerprint density at radius 3 is 2.25 bits per heavy atom. The summed E-state index contributed by atoms with van der Waals surface area (Å²) in [6, 6.07) is 26.3. The van der Waals surface area contributed by atoms with E-state index >= 15 is 0 Å². The van der Waals surface area contributed by atoms with Gasteiger partial charge in [0.25, 0.3) is 5.91 Å². The molecule has 1 aliphatic heterocycles. The summed E-state index contributed by atoms with van der Waals surface area (Å²) < 4.78 is 11.1. The second kappa shape index (κ2) is 10.3. The van der Waals surface area contributed by atoms with Gasteiger partial charge < -0.3 is 19.7 Å². The zero-order valence-corrected chi connectivity index (χ0v) is 17.5. The van der Waals surface area contributed by atoms with Gasteiger partial charge >= 0.3 is 0 Å². The third-order valence-electron chi connectivity index (χ3n) is 5.04. The number of benzene rings is 3. The van der Waals surface area contributed by atoms with Gasteiger partial charge in [-0.1, -0.05) is 30.3 Å². The SMILES string of the molecule is N#C/C(=C\c1ccc(N2CCOCC2)cc1)C(=O)Nc1ccc(Oc2ccccc2)cc1. The van der Waals surface area contributed by atoms with E-state index in [9.17, 15) is 10.1 Å². The summed E-state index contributed by atoms with van der Waals surface area (Å²) in [5.41, 5.74) is 2.51. The molecule has 4 rings (SSSR count). The third-order valence-corrected chi connectivity index (χ3v) is 5.04. The maximum Gasteiger partial charge on any atom is 0.266 e.